The van der Waals surface area contributed by atoms with E-state index in [1.807, 2.05) is 0 Å². The van der Waals surface area contributed by atoms with Gasteiger partial charge in [0.1, 0.15) is 0 Å². The Balaban J connectivity index is 2.36. The number of carbonyl (C=O) groups excluding carboxylic acids is 1. The van der Waals surface area contributed by atoms with Crippen molar-refractivity contribution >= 4 is 28.6 Å². The third kappa shape index (κ3) is 3.01. The molecule has 0 saturated carbocycles. The van der Waals surface area contributed by atoms with Crippen LogP contribution in [-0.4, -0.2) is 26.8 Å². The molecule has 0 aliphatic carbocycles. The Morgan fingerprint density at radius 3 is 2.45 bits per heavy atom. The number of anilines is 2. The summed E-state index contributed by atoms with van der Waals surface area (Å²) in [6.07, 6.45) is 2.99. The van der Waals surface area contributed by atoms with Crippen LogP contribution >= 0.6 is 0 Å². The molecular formula is C13H11N2O4S-. The van der Waals surface area contributed by atoms with Gasteiger partial charge in [0.2, 0.25) is 0 Å². The van der Waals surface area contributed by atoms with E-state index in [0.29, 0.717) is 16.9 Å². The number of esters is 1. The zero-order chi connectivity index (χ0) is 14.5. The minimum Gasteiger partial charge on any atom is -0.755 e. The zero-order valence-electron chi connectivity index (χ0n) is 10.6. The van der Waals surface area contributed by atoms with Crippen LogP contribution in [0.2, 0.25) is 0 Å². The summed E-state index contributed by atoms with van der Waals surface area (Å²) in [6.45, 7) is 0. The van der Waals surface area contributed by atoms with Gasteiger partial charge in [-0.3, -0.25) is 13.5 Å². The van der Waals surface area contributed by atoms with Crippen molar-refractivity contribution < 1.29 is 18.3 Å². The van der Waals surface area contributed by atoms with Crippen LogP contribution in [0, 0.1) is 0 Å². The molecule has 0 bridgehead atoms. The van der Waals surface area contributed by atoms with Gasteiger partial charge in [-0.05, 0) is 36.4 Å². The number of ether oxygens (including phenoxy) is 1. The highest BCUT2D eigenvalue weighted by Gasteiger charge is 2.12. The van der Waals surface area contributed by atoms with E-state index in [0.717, 1.165) is 4.31 Å². The smallest absolute Gasteiger partial charge is 0.337 e. The predicted molar refractivity (Wildman–Crippen MR) is 73.1 cm³/mol. The van der Waals surface area contributed by atoms with Gasteiger partial charge in [-0.25, -0.2) is 4.79 Å². The average molecular weight is 291 g/mol. The molecular weight excluding hydrogens is 280 g/mol. The van der Waals surface area contributed by atoms with Crippen molar-refractivity contribution in [2.24, 2.45) is 0 Å². The van der Waals surface area contributed by atoms with Gasteiger partial charge < -0.3 is 9.29 Å². The fourth-order valence-corrected chi connectivity index (χ4v) is 2.22. The normalized spacial score (nSPS) is 11.7. The molecule has 1 aromatic heterocycles. The lowest BCUT2D eigenvalue weighted by Crippen LogP contribution is -2.19. The van der Waals surface area contributed by atoms with Crippen molar-refractivity contribution in [1.29, 1.82) is 0 Å². The molecule has 0 amide bonds. The van der Waals surface area contributed by atoms with Crippen LogP contribution in [0.1, 0.15) is 10.4 Å². The molecule has 1 unspecified atom stereocenters. The molecule has 0 saturated heterocycles. The Labute approximate surface area is 118 Å². The van der Waals surface area contributed by atoms with E-state index in [1.54, 1.807) is 18.3 Å². The van der Waals surface area contributed by atoms with Crippen molar-refractivity contribution in [3.63, 3.8) is 0 Å². The van der Waals surface area contributed by atoms with E-state index < -0.39 is 17.2 Å². The molecule has 7 heteroatoms. The van der Waals surface area contributed by atoms with Crippen LogP contribution in [0.15, 0.2) is 48.8 Å². The molecule has 0 N–H and O–H groups in total. The van der Waals surface area contributed by atoms with Crippen LogP contribution in [-0.2, 0) is 16.0 Å². The number of nitrogens with zero attached hydrogens (tertiary/aromatic N) is 2. The molecule has 2 aromatic rings. The monoisotopic (exact) mass is 291 g/mol. The first kappa shape index (κ1) is 14.2. The molecule has 0 aliphatic heterocycles. The van der Waals surface area contributed by atoms with Gasteiger partial charge in [-0.1, -0.05) is 0 Å². The van der Waals surface area contributed by atoms with E-state index in [1.165, 1.54) is 37.6 Å². The molecule has 6 nitrogen and oxygen atoms in total. The van der Waals surface area contributed by atoms with Gasteiger partial charge >= 0.3 is 5.97 Å². The number of carbonyl (C=O) groups is 1. The quantitative estimate of drug-likeness (QED) is 0.633. The van der Waals surface area contributed by atoms with Crippen LogP contribution in [0.3, 0.4) is 0 Å². The number of hydrogen-bond donors (Lipinski definition) is 0. The molecule has 1 heterocycles. The third-order valence-corrected chi connectivity index (χ3v) is 3.27. The lowest BCUT2D eigenvalue weighted by molar-refractivity contribution is 0.0601. The summed E-state index contributed by atoms with van der Waals surface area (Å²) in [7, 11) is 1.28. The first-order chi connectivity index (χ1) is 9.63. The lowest BCUT2D eigenvalue weighted by Gasteiger charge is -2.26. The highest BCUT2D eigenvalue weighted by molar-refractivity contribution is 7.81. The number of rotatable bonds is 4. The van der Waals surface area contributed by atoms with Crippen LogP contribution in [0.4, 0.5) is 11.4 Å². The fourth-order valence-electron chi connectivity index (χ4n) is 1.65. The fraction of sp³-hybridized carbons (Fsp3) is 0.0769. The van der Waals surface area contributed by atoms with E-state index in [2.05, 4.69) is 9.72 Å². The van der Waals surface area contributed by atoms with Crippen molar-refractivity contribution in [3.05, 3.63) is 54.4 Å². The number of pyridine rings is 1. The Morgan fingerprint density at radius 2 is 1.95 bits per heavy atom. The van der Waals surface area contributed by atoms with Crippen molar-refractivity contribution in [3.8, 4) is 0 Å². The molecule has 0 radical (unpaired) electrons. The minimum absolute atomic E-state index is 0.346. The molecule has 104 valence electrons. The second-order valence-corrected chi connectivity index (χ2v) is 4.56. The third-order valence-electron chi connectivity index (χ3n) is 2.55. The standard InChI is InChI=1S/C13H12N2O4S/c1-19-13(16)10-4-6-11(7-5-10)15(20(17)18)12-3-2-8-14-9-12/h2-9H,1H3,(H,17,18)/p-1. The second kappa shape index (κ2) is 6.27. The Hall–Kier alpha value is -2.25. The summed E-state index contributed by atoms with van der Waals surface area (Å²) in [5.74, 6) is -0.479. The Bertz CT molecular complexity index is 616. The highest BCUT2D eigenvalue weighted by atomic mass is 32.2. The van der Waals surface area contributed by atoms with Crippen LogP contribution in [0.5, 0.6) is 0 Å². The molecule has 0 spiro atoms. The number of aromatic nitrogens is 1. The Morgan fingerprint density at radius 1 is 1.25 bits per heavy atom. The van der Waals surface area contributed by atoms with Gasteiger partial charge in [0.25, 0.3) is 0 Å². The molecule has 20 heavy (non-hydrogen) atoms. The maximum Gasteiger partial charge on any atom is 0.337 e. The highest BCUT2D eigenvalue weighted by Crippen LogP contribution is 2.26. The number of benzene rings is 1. The van der Waals surface area contributed by atoms with E-state index in [4.69, 9.17) is 0 Å². The molecule has 0 aliphatic rings. The molecule has 0 fully saturated rings. The first-order valence-electron chi connectivity index (χ1n) is 5.61. The first-order valence-corrected chi connectivity index (χ1v) is 6.64. The van der Waals surface area contributed by atoms with Gasteiger partial charge in [-0.15, -0.1) is 0 Å². The van der Waals surface area contributed by atoms with E-state index >= 15 is 0 Å². The summed E-state index contributed by atoms with van der Waals surface area (Å²) in [5.41, 5.74) is 1.16. The zero-order valence-corrected chi connectivity index (χ0v) is 11.4. The topological polar surface area (TPSA) is 82.6 Å². The second-order valence-electron chi connectivity index (χ2n) is 3.76. The van der Waals surface area contributed by atoms with Crippen molar-refractivity contribution in [2.45, 2.75) is 0 Å². The van der Waals surface area contributed by atoms with E-state index in [9.17, 15) is 13.6 Å². The molecule has 1 aromatic carbocycles. The van der Waals surface area contributed by atoms with E-state index in [-0.39, 0.29) is 0 Å². The summed E-state index contributed by atoms with van der Waals surface area (Å²) >= 11 is -2.50. The van der Waals surface area contributed by atoms with Gasteiger partial charge in [0, 0.05) is 6.20 Å². The van der Waals surface area contributed by atoms with Gasteiger partial charge in [0.05, 0.1) is 41.5 Å². The Kier molecular flexibility index (Phi) is 4.44. The maximum atomic E-state index is 11.4. The van der Waals surface area contributed by atoms with Gasteiger partial charge in [0.15, 0.2) is 0 Å². The van der Waals surface area contributed by atoms with Crippen molar-refractivity contribution in [1.82, 2.24) is 4.98 Å². The number of hydrogen-bond acceptors (Lipinski definition) is 5. The SMILES string of the molecule is COC(=O)c1ccc(N(c2cccnc2)S(=O)[O-])cc1. The maximum absolute atomic E-state index is 11.4. The van der Waals surface area contributed by atoms with Gasteiger partial charge in [-0.2, -0.15) is 0 Å². The largest absolute Gasteiger partial charge is 0.755 e. The average Bonchev–Trinajstić information content (AvgIpc) is 2.48. The summed E-state index contributed by atoms with van der Waals surface area (Å²) in [6, 6.07) is 9.30. The molecule has 2 rings (SSSR count). The summed E-state index contributed by atoms with van der Waals surface area (Å²) in [5, 5.41) is 0. The number of methoxy groups -OCH3 is 1. The summed E-state index contributed by atoms with van der Waals surface area (Å²) in [4.78, 5) is 15.2. The summed E-state index contributed by atoms with van der Waals surface area (Å²) < 4.78 is 28.4. The molecule has 1 atom stereocenters. The minimum atomic E-state index is -2.50. The van der Waals surface area contributed by atoms with Crippen LogP contribution < -0.4 is 4.31 Å². The lowest BCUT2D eigenvalue weighted by atomic mass is 10.2. The van der Waals surface area contributed by atoms with Crippen LogP contribution in [0.25, 0.3) is 0 Å². The predicted octanol–water partition coefficient (Wildman–Crippen LogP) is 1.80. The van der Waals surface area contributed by atoms with Crippen molar-refractivity contribution in [2.75, 3.05) is 11.4 Å².